The Balaban J connectivity index is 1.95. The summed E-state index contributed by atoms with van der Waals surface area (Å²) in [5.74, 6) is 0.775. The summed E-state index contributed by atoms with van der Waals surface area (Å²) >= 11 is 0. The molecule has 8 nitrogen and oxygen atoms in total. The van der Waals surface area contributed by atoms with Crippen molar-refractivity contribution in [1.29, 1.82) is 0 Å². The molecule has 1 unspecified atom stereocenters. The van der Waals surface area contributed by atoms with Crippen molar-refractivity contribution in [2.45, 2.75) is 18.9 Å². The molecule has 0 bridgehead atoms. The van der Waals surface area contributed by atoms with Gasteiger partial charge in [0.2, 0.25) is 0 Å². The first kappa shape index (κ1) is 21.4. The Morgan fingerprint density at radius 3 is 2.62 bits per heavy atom. The van der Waals surface area contributed by atoms with Crippen LogP contribution in [0.25, 0.3) is 5.57 Å². The van der Waals surface area contributed by atoms with Gasteiger partial charge in [0, 0.05) is 19.4 Å². The molecular formula is C22H22F2N6O2. The van der Waals surface area contributed by atoms with Crippen LogP contribution in [0.4, 0.5) is 8.78 Å². The Morgan fingerprint density at radius 2 is 2.03 bits per heavy atom. The predicted octanol–water partition coefficient (Wildman–Crippen LogP) is 2.42. The first-order chi connectivity index (χ1) is 15.3. The van der Waals surface area contributed by atoms with E-state index < -0.39 is 23.6 Å². The number of benzene rings is 1. The van der Waals surface area contributed by atoms with Crippen LogP contribution in [0.15, 0.2) is 52.7 Å². The van der Waals surface area contributed by atoms with Crippen molar-refractivity contribution < 1.29 is 18.3 Å². The SMILES string of the molecule is COc1cc(C2=CNC(C)=NC2)cc(C2(c3ccnc(C(F)F)c3)N=C(N)N(C)C2=O)c1. The van der Waals surface area contributed by atoms with E-state index in [0.717, 1.165) is 17.0 Å². The van der Waals surface area contributed by atoms with Crippen molar-refractivity contribution in [2.75, 3.05) is 20.7 Å². The van der Waals surface area contributed by atoms with E-state index >= 15 is 0 Å². The summed E-state index contributed by atoms with van der Waals surface area (Å²) in [5, 5.41) is 3.07. The monoisotopic (exact) mass is 440 g/mol. The maximum absolute atomic E-state index is 13.5. The number of likely N-dealkylation sites (N-methyl/N-ethyl adjacent to an activating group) is 1. The third-order valence-corrected chi connectivity index (χ3v) is 5.54. The number of halogens is 2. The summed E-state index contributed by atoms with van der Waals surface area (Å²) in [6, 6.07) is 7.93. The van der Waals surface area contributed by atoms with Crippen LogP contribution in [-0.4, -0.2) is 48.3 Å². The van der Waals surface area contributed by atoms with E-state index in [1.807, 2.05) is 19.2 Å². The molecule has 0 fully saturated rings. The Hall–Kier alpha value is -3.82. The van der Waals surface area contributed by atoms with Gasteiger partial charge >= 0.3 is 0 Å². The van der Waals surface area contributed by atoms with Crippen LogP contribution in [0.5, 0.6) is 5.75 Å². The zero-order valence-electron chi connectivity index (χ0n) is 17.8. The number of aliphatic imine (C=N–C) groups is 2. The molecule has 2 aliphatic rings. The summed E-state index contributed by atoms with van der Waals surface area (Å²) in [5.41, 5.74) is 6.18. The second kappa shape index (κ2) is 8.03. The van der Waals surface area contributed by atoms with Gasteiger partial charge in [0.25, 0.3) is 12.3 Å². The Morgan fingerprint density at radius 1 is 1.25 bits per heavy atom. The van der Waals surface area contributed by atoms with E-state index in [4.69, 9.17) is 10.5 Å². The van der Waals surface area contributed by atoms with E-state index in [1.165, 1.54) is 37.4 Å². The van der Waals surface area contributed by atoms with Gasteiger partial charge in [-0.25, -0.2) is 13.8 Å². The van der Waals surface area contributed by atoms with Gasteiger partial charge in [0.05, 0.1) is 19.5 Å². The van der Waals surface area contributed by atoms with Crippen molar-refractivity contribution >= 4 is 23.3 Å². The fraction of sp³-hybridized carbons (Fsp3) is 0.273. The summed E-state index contributed by atoms with van der Waals surface area (Å²) in [4.78, 5) is 27.3. The van der Waals surface area contributed by atoms with Crippen molar-refractivity contribution in [3.8, 4) is 5.75 Å². The molecule has 1 aromatic heterocycles. The molecule has 3 N–H and O–H groups in total. The second-order valence-corrected chi connectivity index (χ2v) is 7.48. The highest BCUT2D eigenvalue weighted by Crippen LogP contribution is 2.42. The average Bonchev–Trinajstić information content (AvgIpc) is 3.04. The summed E-state index contributed by atoms with van der Waals surface area (Å²) in [6.45, 7) is 2.29. The molecule has 4 rings (SSSR count). The molecule has 0 radical (unpaired) electrons. The number of ether oxygens (including phenoxy) is 1. The minimum absolute atomic E-state index is 0.0199. The molecule has 166 valence electrons. The molecule has 1 amide bonds. The summed E-state index contributed by atoms with van der Waals surface area (Å²) in [6.07, 6.45) is 0.264. The number of methoxy groups -OCH3 is 1. The average molecular weight is 440 g/mol. The number of nitrogens with zero attached hydrogens (tertiary/aromatic N) is 4. The van der Waals surface area contributed by atoms with Crippen LogP contribution < -0.4 is 15.8 Å². The van der Waals surface area contributed by atoms with Crippen LogP contribution >= 0.6 is 0 Å². The summed E-state index contributed by atoms with van der Waals surface area (Å²) < 4.78 is 32.3. The molecule has 0 spiro atoms. The third kappa shape index (κ3) is 3.47. The second-order valence-electron chi connectivity index (χ2n) is 7.48. The van der Waals surface area contributed by atoms with E-state index in [-0.39, 0.29) is 11.5 Å². The number of amidine groups is 1. The van der Waals surface area contributed by atoms with Gasteiger partial charge in [0.15, 0.2) is 11.5 Å². The molecule has 1 atom stereocenters. The normalized spacial score (nSPS) is 20.6. The first-order valence-electron chi connectivity index (χ1n) is 9.81. The van der Waals surface area contributed by atoms with Gasteiger partial charge in [-0.1, -0.05) is 0 Å². The number of pyridine rings is 1. The van der Waals surface area contributed by atoms with E-state index in [9.17, 15) is 13.6 Å². The fourth-order valence-electron chi connectivity index (χ4n) is 3.75. The smallest absolute Gasteiger partial charge is 0.280 e. The molecule has 2 aromatic rings. The number of carbonyl (C=O) groups excluding carboxylic acids is 1. The first-order valence-corrected chi connectivity index (χ1v) is 9.81. The lowest BCUT2D eigenvalue weighted by atomic mass is 9.81. The molecular weight excluding hydrogens is 418 g/mol. The van der Waals surface area contributed by atoms with Gasteiger partial charge in [-0.15, -0.1) is 0 Å². The number of hydrogen-bond donors (Lipinski definition) is 2. The van der Waals surface area contributed by atoms with Gasteiger partial charge in [-0.05, 0) is 59.5 Å². The molecule has 10 heteroatoms. The minimum atomic E-state index is -2.80. The Bertz CT molecular complexity index is 1180. The van der Waals surface area contributed by atoms with E-state index in [0.29, 0.717) is 17.9 Å². The minimum Gasteiger partial charge on any atom is -0.497 e. The number of rotatable bonds is 5. The molecule has 0 saturated carbocycles. The molecule has 0 saturated heterocycles. The largest absolute Gasteiger partial charge is 0.497 e. The maximum atomic E-state index is 13.5. The quantitative estimate of drug-likeness (QED) is 0.743. The molecule has 3 heterocycles. The number of aromatic nitrogens is 1. The predicted molar refractivity (Wildman–Crippen MR) is 116 cm³/mol. The summed E-state index contributed by atoms with van der Waals surface area (Å²) in [7, 11) is 3.00. The lowest BCUT2D eigenvalue weighted by Gasteiger charge is -2.27. The Labute approximate surface area is 183 Å². The fourth-order valence-corrected chi connectivity index (χ4v) is 3.75. The highest BCUT2D eigenvalue weighted by atomic mass is 19.3. The third-order valence-electron chi connectivity index (χ3n) is 5.54. The number of carbonyl (C=O) groups is 1. The van der Waals surface area contributed by atoms with Crippen LogP contribution in [0.2, 0.25) is 0 Å². The van der Waals surface area contributed by atoms with Gasteiger partial charge in [0.1, 0.15) is 11.4 Å². The van der Waals surface area contributed by atoms with Crippen molar-refractivity contribution in [3.05, 3.63) is 65.1 Å². The lowest BCUT2D eigenvalue weighted by molar-refractivity contribution is -0.129. The zero-order chi connectivity index (χ0) is 23.0. The zero-order valence-corrected chi connectivity index (χ0v) is 17.8. The molecule has 2 aliphatic heterocycles. The molecule has 1 aromatic carbocycles. The van der Waals surface area contributed by atoms with Gasteiger partial charge < -0.3 is 15.8 Å². The van der Waals surface area contributed by atoms with Crippen molar-refractivity contribution in [1.82, 2.24) is 15.2 Å². The number of nitrogens with two attached hydrogens (primary N) is 1. The Kier molecular flexibility index (Phi) is 5.37. The number of nitrogens with one attached hydrogen (secondary N) is 1. The number of alkyl halides is 2. The van der Waals surface area contributed by atoms with Gasteiger partial charge in [-0.2, -0.15) is 0 Å². The highest BCUT2D eigenvalue weighted by Gasteiger charge is 2.50. The maximum Gasteiger partial charge on any atom is 0.280 e. The number of guanidine groups is 1. The van der Waals surface area contributed by atoms with Crippen LogP contribution in [0, 0.1) is 0 Å². The number of hydrogen-bond acceptors (Lipinski definition) is 7. The molecule has 32 heavy (non-hydrogen) atoms. The topological polar surface area (TPSA) is 105 Å². The van der Waals surface area contributed by atoms with Crippen LogP contribution in [-0.2, 0) is 10.3 Å². The van der Waals surface area contributed by atoms with E-state index in [1.54, 1.807) is 12.1 Å². The van der Waals surface area contributed by atoms with Crippen molar-refractivity contribution in [2.24, 2.45) is 15.7 Å². The van der Waals surface area contributed by atoms with Gasteiger partial charge in [-0.3, -0.25) is 19.7 Å². The standard InChI is InChI=1S/C22H22F2N6O2/c1-12-27-10-14(11-28-12)13-6-16(8-17(7-13)32-3)22(20(31)30(2)21(25)29-22)15-4-5-26-18(9-15)19(23)24/h4-10,19H,11H2,1-3H3,(H2,25,29)(H,27,28). The lowest BCUT2D eigenvalue weighted by Crippen LogP contribution is -2.41. The van der Waals surface area contributed by atoms with Crippen LogP contribution in [0.3, 0.4) is 0 Å². The molecule has 0 aliphatic carbocycles. The van der Waals surface area contributed by atoms with Crippen molar-refractivity contribution in [3.63, 3.8) is 0 Å². The number of amides is 1. The van der Waals surface area contributed by atoms with E-state index in [2.05, 4.69) is 20.3 Å². The van der Waals surface area contributed by atoms with Crippen LogP contribution in [0.1, 0.15) is 35.7 Å². The highest BCUT2D eigenvalue weighted by molar-refractivity contribution is 6.09.